The third-order valence-corrected chi connectivity index (χ3v) is 5.87. The third-order valence-electron chi connectivity index (χ3n) is 5.87. The molecule has 2 saturated heterocycles. The van der Waals surface area contributed by atoms with Crippen LogP contribution >= 0.6 is 0 Å². The first-order valence-corrected chi connectivity index (χ1v) is 10.9. The molecule has 0 N–H and O–H groups in total. The van der Waals surface area contributed by atoms with E-state index < -0.39 is 0 Å². The zero-order valence-electron chi connectivity index (χ0n) is 17.9. The zero-order chi connectivity index (χ0) is 21.6. The molecule has 8 heteroatoms. The lowest BCUT2D eigenvalue weighted by Gasteiger charge is -2.25. The molecule has 2 aromatic rings. The van der Waals surface area contributed by atoms with Gasteiger partial charge >= 0.3 is 0 Å². The molecule has 0 saturated carbocycles. The van der Waals surface area contributed by atoms with Crippen molar-refractivity contribution in [3.8, 4) is 17.1 Å². The Kier molecular flexibility index (Phi) is 6.86. The minimum Gasteiger partial charge on any atom is -0.497 e. The predicted molar refractivity (Wildman–Crippen MR) is 114 cm³/mol. The first-order valence-electron chi connectivity index (χ1n) is 10.9. The average molecular weight is 428 g/mol. The normalized spacial score (nSPS) is 18.4. The molecular formula is C23H29N3O5. The zero-order valence-corrected chi connectivity index (χ0v) is 17.9. The first-order chi connectivity index (χ1) is 15.1. The molecular weight excluding hydrogens is 398 g/mol. The van der Waals surface area contributed by atoms with Gasteiger partial charge < -0.3 is 23.8 Å². The second-order valence-electron chi connectivity index (χ2n) is 8.03. The summed E-state index contributed by atoms with van der Waals surface area (Å²) in [6, 6.07) is 9.03. The van der Waals surface area contributed by atoms with E-state index in [1.54, 1.807) is 18.1 Å². The van der Waals surface area contributed by atoms with Gasteiger partial charge in [0.15, 0.2) is 11.5 Å². The van der Waals surface area contributed by atoms with Gasteiger partial charge in [0.1, 0.15) is 5.75 Å². The molecule has 0 spiro atoms. The first kappa shape index (κ1) is 21.4. The molecule has 2 aliphatic heterocycles. The molecule has 0 radical (unpaired) electrons. The van der Waals surface area contributed by atoms with E-state index in [9.17, 15) is 9.59 Å². The second kappa shape index (κ2) is 9.96. The SMILES string of the molecule is COc1cccc(-c2cc(C(=O)N(CCC(=O)N3CCCC3)C[C@@H]3CCCO3)no2)c1. The molecule has 0 bridgehead atoms. The highest BCUT2D eigenvalue weighted by atomic mass is 16.5. The summed E-state index contributed by atoms with van der Waals surface area (Å²) >= 11 is 0. The number of aromatic nitrogens is 1. The summed E-state index contributed by atoms with van der Waals surface area (Å²) in [4.78, 5) is 29.3. The summed E-state index contributed by atoms with van der Waals surface area (Å²) in [7, 11) is 1.60. The molecule has 3 heterocycles. The highest BCUT2D eigenvalue weighted by Crippen LogP contribution is 2.25. The van der Waals surface area contributed by atoms with Crippen molar-refractivity contribution in [2.75, 3.05) is 39.9 Å². The van der Waals surface area contributed by atoms with Crippen LogP contribution in [0.15, 0.2) is 34.9 Å². The van der Waals surface area contributed by atoms with Crippen molar-refractivity contribution in [1.29, 1.82) is 0 Å². The molecule has 0 unspecified atom stereocenters. The number of rotatable bonds is 8. The molecule has 2 aliphatic rings. The molecule has 4 rings (SSSR count). The maximum Gasteiger partial charge on any atom is 0.276 e. The van der Waals surface area contributed by atoms with Crippen LogP contribution in [0.2, 0.25) is 0 Å². The summed E-state index contributed by atoms with van der Waals surface area (Å²) in [5.41, 5.74) is 1.00. The molecule has 1 atom stereocenters. The van der Waals surface area contributed by atoms with Gasteiger partial charge in [-0.05, 0) is 37.8 Å². The maximum atomic E-state index is 13.2. The van der Waals surface area contributed by atoms with Crippen LogP contribution in [-0.4, -0.2) is 72.8 Å². The van der Waals surface area contributed by atoms with Crippen LogP contribution in [-0.2, 0) is 9.53 Å². The second-order valence-corrected chi connectivity index (χ2v) is 8.03. The minimum atomic E-state index is -0.248. The smallest absolute Gasteiger partial charge is 0.276 e. The number of hydrogen-bond donors (Lipinski definition) is 0. The summed E-state index contributed by atoms with van der Waals surface area (Å²) < 4.78 is 16.4. The molecule has 31 heavy (non-hydrogen) atoms. The molecule has 8 nitrogen and oxygen atoms in total. The maximum absolute atomic E-state index is 13.2. The van der Waals surface area contributed by atoms with E-state index >= 15 is 0 Å². The molecule has 166 valence electrons. The van der Waals surface area contributed by atoms with Crippen LogP contribution in [0.5, 0.6) is 5.75 Å². The van der Waals surface area contributed by atoms with Crippen molar-refractivity contribution in [3.05, 3.63) is 36.0 Å². The largest absolute Gasteiger partial charge is 0.497 e. The van der Waals surface area contributed by atoms with Crippen molar-refractivity contribution in [3.63, 3.8) is 0 Å². The highest BCUT2D eigenvalue weighted by molar-refractivity contribution is 5.93. The van der Waals surface area contributed by atoms with Crippen LogP contribution in [0.3, 0.4) is 0 Å². The van der Waals surface area contributed by atoms with Crippen molar-refractivity contribution in [2.45, 2.75) is 38.2 Å². The Hall–Kier alpha value is -2.87. The fourth-order valence-corrected chi connectivity index (χ4v) is 4.12. The quantitative estimate of drug-likeness (QED) is 0.644. The molecule has 2 amide bonds. The summed E-state index contributed by atoms with van der Waals surface area (Å²) in [5.74, 6) is 1.04. The van der Waals surface area contributed by atoms with Gasteiger partial charge in [-0.25, -0.2) is 0 Å². The van der Waals surface area contributed by atoms with Crippen molar-refractivity contribution < 1.29 is 23.6 Å². The van der Waals surface area contributed by atoms with Crippen LogP contribution < -0.4 is 4.74 Å². The average Bonchev–Trinajstić information content (AvgIpc) is 3.58. The summed E-state index contributed by atoms with van der Waals surface area (Å²) in [6.07, 6.45) is 4.31. The number of carbonyl (C=O) groups excluding carboxylic acids is 2. The predicted octanol–water partition coefficient (Wildman–Crippen LogP) is 2.98. The van der Waals surface area contributed by atoms with E-state index in [1.165, 1.54) is 0 Å². The molecule has 2 fully saturated rings. The minimum absolute atomic E-state index is 0.00408. The monoisotopic (exact) mass is 427 g/mol. The number of hydrogen-bond acceptors (Lipinski definition) is 6. The van der Waals surface area contributed by atoms with Crippen LogP contribution in [0.1, 0.15) is 42.6 Å². The number of ether oxygens (including phenoxy) is 2. The number of carbonyl (C=O) groups is 2. The van der Waals surface area contributed by atoms with Crippen LogP contribution in [0.4, 0.5) is 0 Å². The standard InChI is InChI=1S/C23H29N3O5/c1-29-18-7-4-6-17(14-18)21-15-20(24-31-21)23(28)26(16-19-8-5-13-30-19)12-9-22(27)25-10-2-3-11-25/h4,6-7,14-15,19H,2-3,5,8-13,16H2,1H3/t19-/m0/s1. The lowest BCUT2D eigenvalue weighted by atomic mass is 10.1. The Bertz CT molecular complexity index is 900. The Labute approximate surface area is 182 Å². The van der Waals surface area contributed by atoms with E-state index in [1.807, 2.05) is 29.2 Å². The van der Waals surface area contributed by atoms with Gasteiger partial charge in [0, 0.05) is 50.8 Å². The number of methoxy groups -OCH3 is 1. The summed E-state index contributed by atoms with van der Waals surface area (Å²) in [5, 5.41) is 4.00. The van der Waals surface area contributed by atoms with E-state index in [0.29, 0.717) is 37.6 Å². The lowest BCUT2D eigenvalue weighted by molar-refractivity contribution is -0.130. The van der Waals surface area contributed by atoms with Crippen molar-refractivity contribution in [1.82, 2.24) is 15.0 Å². The van der Waals surface area contributed by atoms with E-state index in [-0.39, 0.29) is 23.6 Å². The number of nitrogens with zero attached hydrogens (tertiary/aromatic N) is 3. The van der Waals surface area contributed by atoms with Crippen molar-refractivity contribution in [2.24, 2.45) is 0 Å². The fraction of sp³-hybridized carbons (Fsp3) is 0.522. The topological polar surface area (TPSA) is 85.1 Å². The van der Waals surface area contributed by atoms with Gasteiger partial charge in [-0.1, -0.05) is 17.3 Å². The van der Waals surface area contributed by atoms with Crippen LogP contribution in [0, 0.1) is 0 Å². The van der Waals surface area contributed by atoms with Gasteiger partial charge in [-0.2, -0.15) is 0 Å². The number of amides is 2. The van der Waals surface area contributed by atoms with E-state index in [2.05, 4.69) is 5.16 Å². The van der Waals surface area contributed by atoms with E-state index in [0.717, 1.165) is 44.3 Å². The summed E-state index contributed by atoms with van der Waals surface area (Å²) in [6.45, 7) is 3.13. The van der Waals surface area contributed by atoms with Crippen LogP contribution in [0.25, 0.3) is 11.3 Å². The fourth-order valence-electron chi connectivity index (χ4n) is 4.12. The third kappa shape index (κ3) is 5.25. The Morgan fingerprint density at radius 3 is 2.81 bits per heavy atom. The Morgan fingerprint density at radius 2 is 2.06 bits per heavy atom. The van der Waals surface area contributed by atoms with Gasteiger partial charge in [-0.3, -0.25) is 9.59 Å². The Morgan fingerprint density at radius 1 is 1.23 bits per heavy atom. The Balaban J connectivity index is 1.46. The molecule has 0 aliphatic carbocycles. The molecule has 1 aromatic heterocycles. The lowest BCUT2D eigenvalue weighted by Crippen LogP contribution is -2.40. The van der Waals surface area contributed by atoms with Gasteiger partial charge in [-0.15, -0.1) is 0 Å². The van der Waals surface area contributed by atoms with E-state index in [4.69, 9.17) is 14.0 Å². The molecule has 1 aromatic carbocycles. The highest BCUT2D eigenvalue weighted by Gasteiger charge is 2.27. The van der Waals surface area contributed by atoms with Gasteiger partial charge in [0.25, 0.3) is 5.91 Å². The van der Waals surface area contributed by atoms with Gasteiger partial charge in [0.2, 0.25) is 5.91 Å². The number of likely N-dealkylation sites (tertiary alicyclic amines) is 1. The number of benzene rings is 1. The van der Waals surface area contributed by atoms with Gasteiger partial charge in [0.05, 0.1) is 13.2 Å². The van der Waals surface area contributed by atoms with Crippen molar-refractivity contribution >= 4 is 11.8 Å².